The van der Waals surface area contributed by atoms with Gasteiger partial charge in [0.1, 0.15) is 0 Å². The first-order valence-electron chi connectivity index (χ1n) is 6.79. The number of aryl methyl sites for hydroxylation is 1. The van der Waals surface area contributed by atoms with Crippen LogP contribution in [-0.2, 0) is 10.0 Å². The molecule has 0 saturated heterocycles. The summed E-state index contributed by atoms with van der Waals surface area (Å²) < 4.78 is 26.0. The summed E-state index contributed by atoms with van der Waals surface area (Å²) in [6, 6.07) is 15.1. The van der Waals surface area contributed by atoms with Gasteiger partial charge in [-0.1, -0.05) is 29.8 Å². The smallest absolute Gasteiger partial charge is 0.240 e. The minimum atomic E-state index is -3.41. The molecule has 0 amide bonds. The molecule has 5 heteroatoms. The van der Waals surface area contributed by atoms with E-state index in [1.165, 1.54) is 12.6 Å². The lowest BCUT2D eigenvalue weighted by molar-refractivity contribution is 0.588. The molecule has 2 aromatic rings. The summed E-state index contributed by atoms with van der Waals surface area (Å²) in [5.74, 6) is 0. The van der Waals surface area contributed by atoms with Crippen molar-refractivity contribution in [3.05, 3.63) is 59.7 Å². The zero-order chi connectivity index (χ0) is 15.5. The van der Waals surface area contributed by atoms with Crippen molar-refractivity contribution in [1.29, 1.82) is 0 Å². The Bertz CT molecular complexity index is 709. The number of anilines is 1. The van der Waals surface area contributed by atoms with Gasteiger partial charge in [-0.25, -0.2) is 13.1 Å². The molecule has 0 aliphatic heterocycles. The number of nitrogens with one attached hydrogen (secondary N) is 2. The van der Waals surface area contributed by atoms with E-state index in [9.17, 15) is 8.42 Å². The maximum Gasteiger partial charge on any atom is 0.240 e. The lowest BCUT2D eigenvalue weighted by Crippen LogP contribution is -2.19. The van der Waals surface area contributed by atoms with Crippen LogP contribution in [0.25, 0.3) is 0 Å². The van der Waals surface area contributed by atoms with Gasteiger partial charge in [0.15, 0.2) is 0 Å². The van der Waals surface area contributed by atoms with Crippen LogP contribution in [0, 0.1) is 6.92 Å². The van der Waals surface area contributed by atoms with E-state index in [-0.39, 0.29) is 10.9 Å². The second-order valence-electron chi connectivity index (χ2n) is 5.01. The summed E-state index contributed by atoms with van der Waals surface area (Å²) in [5.41, 5.74) is 3.14. The van der Waals surface area contributed by atoms with Gasteiger partial charge in [-0.2, -0.15) is 0 Å². The molecule has 0 radical (unpaired) electrons. The van der Waals surface area contributed by atoms with Crippen molar-refractivity contribution in [3.63, 3.8) is 0 Å². The van der Waals surface area contributed by atoms with Crippen LogP contribution in [-0.4, -0.2) is 15.5 Å². The number of hydrogen-bond donors (Lipinski definition) is 2. The molecule has 0 spiro atoms. The van der Waals surface area contributed by atoms with Gasteiger partial charge in [-0.15, -0.1) is 0 Å². The predicted molar refractivity (Wildman–Crippen MR) is 85.9 cm³/mol. The van der Waals surface area contributed by atoms with Gasteiger partial charge in [0, 0.05) is 11.7 Å². The predicted octanol–water partition coefficient (Wildman–Crippen LogP) is 3.08. The minimum Gasteiger partial charge on any atom is -0.379 e. The highest BCUT2D eigenvalue weighted by Gasteiger charge is 2.13. The monoisotopic (exact) mass is 304 g/mol. The van der Waals surface area contributed by atoms with Gasteiger partial charge in [-0.3, -0.25) is 0 Å². The van der Waals surface area contributed by atoms with E-state index in [2.05, 4.69) is 10.0 Å². The molecule has 1 unspecified atom stereocenters. The fourth-order valence-corrected chi connectivity index (χ4v) is 2.84. The molecule has 112 valence electrons. The molecule has 0 aromatic heterocycles. The lowest BCUT2D eigenvalue weighted by Gasteiger charge is -2.16. The third-order valence-corrected chi connectivity index (χ3v) is 4.78. The first kappa shape index (κ1) is 15.5. The molecule has 4 nitrogen and oxygen atoms in total. The number of rotatable bonds is 5. The SMILES string of the molecule is CNS(=O)(=O)c1cccc(C(C)Nc2ccc(C)cc2)c1. The van der Waals surface area contributed by atoms with Gasteiger partial charge >= 0.3 is 0 Å². The summed E-state index contributed by atoms with van der Waals surface area (Å²) in [4.78, 5) is 0.278. The Labute approximate surface area is 126 Å². The quantitative estimate of drug-likeness (QED) is 0.892. The summed E-state index contributed by atoms with van der Waals surface area (Å²) in [5, 5.41) is 3.37. The molecule has 2 N–H and O–H groups in total. The van der Waals surface area contributed by atoms with Gasteiger partial charge in [0.2, 0.25) is 10.0 Å². The Kier molecular flexibility index (Phi) is 4.65. The highest BCUT2D eigenvalue weighted by molar-refractivity contribution is 7.89. The Morgan fingerprint density at radius 3 is 2.33 bits per heavy atom. The number of hydrogen-bond acceptors (Lipinski definition) is 3. The maximum atomic E-state index is 11.8. The first-order valence-corrected chi connectivity index (χ1v) is 8.27. The molecule has 21 heavy (non-hydrogen) atoms. The standard InChI is InChI=1S/C16H20N2O2S/c1-12-7-9-15(10-8-12)18-13(2)14-5-4-6-16(11-14)21(19,20)17-3/h4-11,13,17-18H,1-3H3. The third-order valence-electron chi connectivity index (χ3n) is 3.37. The maximum absolute atomic E-state index is 11.8. The Morgan fingerprint density at radius 2 is 1.71 bits per heavy atom. The van der Waals surface area contributed by atoms with Crippen molar-refractivity contribution in [2.75, 3.05) is 12.4 Å². The average Bonchev–Trinajstić information content (AvgIpc) is 2.49. The van der Waals surface area contributed by atoms with Crippen LogP contribution in [0.3, 0.4) is 0 Å². The largest absolute Gasteiger partial charge is 0.379 e. The Hall–Kier alpha value is -1.85. The molecule has 0 bridgehead atoms. The van der Waals surface area contributed by atoms with Crippen LogP contribution >= 0.6 is 0 Å². The van der Waals surface area contributed by atoms with Crippen LogP contribution < -0.4 is 10.0 Å². The molecular formula is C16H20N2O2S. The van der Waals surface area contributed by atoms with Crippen molar-refractivity contribution in [3.8, 4) is 0 Å². The van der Waals surface area contributed by atoms with Crippen LogP contribution in [0.15, 0.2) is 53.4 Å². The Morgan fingerprint density at radius 1 is 1.05 bits per heavy atom. The fraction of sp³-hybridized carbons (Fsp3) is 0.250. The highest BCUT2D eigenvalue weighted by Crippen LogP contribution is 2.21. The van der Waals surface area contributed by atoms with E-state index in [1.807, 2.05) is 44.2 Å². The fourth-order valence-electron chi connectivity index (χ4n) is 2.05. The second kappa shape index (κ2) is 6.28. The molecule has 0 aliphatic carbocycles. The van der Waals surface area contributed by atoms with Crippen molar-refractivity contribution in [2.24, 2.45) is 0 Å². The zero-order valence-corrected chi connectivity index (χ0v) is 13.2. The lowest BCUT2D eigenvalue weighted by atomic mass is 10.1. The van der Waals surface area contributed by atoms with Crippen LogP contribution in [0.4, 0.5) is 5.69 Å². The summed E-state index contributed by atoms with van der Waals surface area (Å²) >= 11 is 0. The summed E-state index contributed by atoms with van der Waals surface area (Å²) in [6.07, 6.45) is 0. The van der Waals surface area contributed by atoms with Crippen LogP contribution in [0.1, 0.15) is 24.1 Å². The summed E-state index contributed by atoms with van der Waals surface area (Å²) in [7, 11) is -2.00. The minimum absolute atomic E-state index is 0.0136. The molecule has 2 rings (SSSR count). The first-order chi connectivity index (χ1) is 9.92. The van der Waals surface area contributed by atoms with Crippen molar-refractivity contribution in [1.82, 2.24) is 4.72 Å². The molecule has 2 aromatic carbocycles. The van der Waals surface area contributed by atoms with E-state index in [0.717, 1.165) is 11.3 Å². The van der Waals surface area contributed by atoms with Gasteiger partial charge in [0.05, 0.1) is 4.90 Å². The number of benzene rings is 2. The van der Waals surface area contributed by atoms with Crippen molar-refractivity contribution in [2.45, 2.75) is 24.8 Å². The average molecular weight is 304 g/mol. The van der Waals surface area contributed by atoms with Crippen LogP contribution in [0.2, 0.25) is 0 Å². The van der Waals surface area contributed by atoms with E-state index >= 15 is 0 Å². The van der Waals surface area contributed by atoms with Crippen LogP contribution in [0.5, 0.6) is 0 Å². The third kappa shape index (κ3) is 3.83. The van der Waals surface area contributed by atoms with Gasteiger partial charge in [0.25, 0.3) is 0 Å². The van der Waals surface area contributed by atoms with E-state index < -0.39 is 10.0 Å². The topological polar surface area (TPSA) is 58.2 Å². The van der Waals surface area contributed by atoms with Gasteiger partial charge in [-0.05, 0) is 50.7 Å². The van der Waals surface area contributed by atoms with Crippen molar-refractivity contribution >= 4 is 15.7 Å². The second-order valence-corrected chi connectivity index (χ2v) is 6.90. The number of sulfonamides is 1. The summed E-state index contributed by atoms with van der Waals surface area (Å²) in [6.45, 7) is 4.05. The molecule has 0 aliphatic rings. The van der Waals surface area contributed by atoms with E-state index in [1.54, 1.807) is 18.2 Å². The van der Waals surface area contributed by atoms with E-state index in [0.29, 0.717) is 0 Å². The molecule has 0 saturated carbocycles. The zero-order valence-electron chi connectivity index (χ0n) is 12.4. The van der Waals surface area contributed by atoms with E-state index in [4.69, 9.17) is 0 Å². The molecular weight excluding hydrogens is 284 g/mol. The van der Waals surface area contributed by atoms with Gasteiger partial charge < -0.3 is 5.32 Å². The molecule has 1 atom stereocenters. The molecule has 0 heterocycles. The Balaban J connectivity index is 2.21. The van der Waals surface area contributed by atoms with Crippen molar-refractivity contribution < 1.29 is 8.42 Å². The highest BCUT2D eigenvalue weighted by atomic mass is 32.2. The molecule has 0 fully saturated rings. The normalized spacial score (nSPS) is 12.9.